The molecule has 0 saturated heterocycles. The maximum absolute atomic E-state index is 13.0. The third-order valence-corrected chi connectivity index (χ3v) is 2.50. The van der Waals surface area contributed by atoms with Crippen molar-refractivity contribution < 1.29 is 4.39 Å². The van der Waals surface area contributed by atoms with Gasteiger partial charge in [-0.1, -0.05) is 6.07 Å². The molecule has 2 nitrogen and oxygen atoms in total. The molecule has 0 heterocycles. The first-order chi connectivity index (χ1) is 7.44. The minimum Gasteiger partial charge on any atom is -0.311 e. The monoisotopic (exact) mass is 220 g/mol. The fourth-order valence-electron chi connectivity index (χ4n) is 1.38. The summed E-state index contributed by atoms with van der Waals surface area (Å²) in [6.45, 7) is 6.89. The highest BCUT2D eigenvalue weighted by atomic mass is 19.1. The van der Waals surface area contributed by atoms with E-state index in [0.29, 0.717) is 13.1 Å². The summed E-state index contributed by atoms with van der Waals surface area (Å²) < 4.78 is 13.0. The molecule has 0 aromatic heterocycles. The fraction of sp³-hybridized carbons (Fsp3) is 0.462. The normalized spacial score (nSPS) is 11.2. The van der Waals surface area contributed by atoms with Gasteiger partial charge in [0.1, 0.15) is 5.82 Å². The van der Waals surface area contributed by atoms with Crippen LogP contribution in [0.4, 0.5) is 4.39 Å². The van der Waals surface area contributed by atoms with Crippen LogP contribution in [0.5, 0.6) is 0 Å². The predicted octanol–water partition coefficient (Wildman–Crippen LogP) is 2.77. The Balaban J connectivity index is 2.56. The second kappa shape index (κ2) is 5.09. The van der Waals surface area contributed by atoms with E-state index in [9.17, 15) is 4.39 Å². The summed E-state index contributed by atoms with van der Waals surface area (Å²) in [5.41, 5.74) is 1.61. The lowest BCUT2D eigenvalue weighted by atomic mass is 9.96. The lowest BCUT2D eigenvalue weighted by Gasteiger charge is -2.16. The Morgan fingerprint density at radius 1 is 1.44 bits per heavy atom. The highest BCUT2D eigenvalue weighted by Gasteiger charge is 2.15. The molecule has 0 amide bonds. The number of hydrogen-bond donors (Lipinski definition) is 1. The van der Waals surface area contributed by atoms with Crippen LogP contribution in [0.25, 0.3) is 0 Å². The van der Waals surface area contributed by atoms with Crippen molar-refractivity contribution in [2.75, 3.05) is 6.54 Å². The van der Waals surface area contributed by atoms with Gasteiger partial charge in [0.15, 0.2) is 0 Å². The van der Waals surface area contributed by atoms with Crippen molar-refractivity contribution in [3.8, 4) is 6.07 Å². The number of aryl methyl sites for hydroxylation is 1. The van der Waals surface area contributed by atoms with Gasteiger partial charge in [0.2, 0.25) is 0 Å². The van der Waals surface area contributed by atoms with Gasteiger partial charge in [-0.25, -0.2) is 4.39 Å². The van der Waals surface area contributed by atoms with E-state index in [0.717, 1.165) is 11.1 Å². The zero-order valence-electron chi connectivity index (χ0n) is 9.97. The van der Waals surface area contributed by atoms with Gasteiger partial charge in [0.05, 0.1) is 11.5 Å². The minimum atomic E-state index is -0.388. The molecule has 16 heavy (non-hydrogen) atoms. The molecule has 0 aliphatic carbocycles. The lowest BCUT2D eigenvalue weighted by Crippen LogP contribution is -2.27. The van der Waals surface area contributed by atoms with Crippen molar-refractivity contribution in [2.24, 2.45) is 5.41 Å². The zero-order valence-corrected chi connectivity index (χ0v) is 9.97. The van der Waals surface area contributed by atoms with Crippen molar-refractivity contribution in [1.29, 1.82) is 5.26 Å². The summed E-state index contributed by atoms with van der Waals surface area (Å²) in [4.78, 5) is 0. The Morgan fingerprint density at radius 3 is 2.75 bits per heavy atom. The molecule has 0 aliphatic heterocycles. The van der Waals surface area contributed by atoms with Gasteiger partial charge in [-0.05, 0) is 44.0 Å². The minimum absolute atomic E-state index is 0.220. The Morgan fingerprint density at radius 2 is 2.12 bits per heavy atom. The predicted molar refractivity (Wildman–Crippen MR) is 62.2 cm³/mol. The number of benzene rings is 1. The van der Waals surface area contributed by atoms with Gasteiger partial charge in [0.25, 0.3) is 0 Å². The summed E-state index contributed by atoms with van der Waals surface area (Å²) in [6.07, 6.45) is 0. The maximum Gasteiger partial charge on any atom is 0.123 e. The van der Waals surface area contributed by atoms with E-state index in [-0.39, 0.29) is 11.2 Å². The molecule has 1 aromatic carbocycles. The van der Waals surface area contributed by atoms with Crippen LogP contribution in [-0.4, -0.2) is 6.54 Å². The van der Waals surface area contributed by atoms with Gasteiger partial charge in [0, 0.05) is 13.1 Å². The summed E-state index contributed by atoms with van der Waals surface area (Å²) in [5, 5.41) is 12.0. The quantitative estimate of drug-likeness (QED) is 0.847. The van der Waals surface area contributed by atoms with Crippen LogP contribution < -0.4 is 5.32 Å². The van der Waals surface area contributed by atoms with E-state index in [1.54, 1.807) is 6.07 Å². The highest BCUT2D eigenvalue weighted by Crippen LogP contribution is 2.13. The summed E-state index contributed by atoms with van der Waals surface area (Å²) in [7, 11) is 0. The van der Waals surface area contributed by atoms with E-state index in [1.165, 1.54) is 12.1 Å². The van der Waals surface area contributed by atoms with Gasteiger partial charge < -0.3 is 5.32 Å². The Labute approximate surface area is 96.1 Å². The number of nitrogens with one attached hydrogen (secondary N) is 1. The van der Waals surface area contributed by atoms with E-state index in [2.05, 4.69) is 11.4 Å². The Bertz CT molecular complexity index is 405. The van der Waals surface area contributed by atoms with Gasteiger partial charge in [-0.3, -0.25) is 0 Å². The van der Waals surface area contributed by atoms with Crippen LogP contribution >= 0.6 is 0 Å². The number of rotatable bonds is 4. The van der Waals surface area contributed by atoms with Crippen molar-refractivity contribution in [1.82, 2.24) is 5.32 Å². The first kappa shape index (κ1) is 12.7. The van der Waals surface area contributed by atoms with Crippen molar-refractivity contribution >= 4 is 0 Å². The molecule has 0 radical (unpaired) electrons. The van der Waals surface area contributed by atoms with Gasteiger partial charge in [-0.15, -0.1) is 0 Å². The number of nitrogens with zero attached hydrogens (tertiary/aromatic N) is 1. The molecule has 0 aliphatic rings. The molecule has 1 aromatic rings. The first-order valence-electron chi connectivity index (χ1n) is 5.31. The Hall–Kier alpha value is -1.40. The van der Waals surface area contributed by atoms with E-state index >= 15 is 0 Å². The number of halogens is 1. The average Bonchev–Trinajstić information content (AvgIpc) is 2.23. The molecule has 0 saturated carbocycles. The molecule has 3 heteroatoms. The van der Waals surface area contributed by atoms with Crippen LogP contribution in [0.1, 0.15) is 25.0 Å². The molecule has 0 spiro atoms. The fourth-order valence-corrected chi connectivity index (χ4v) is 1.38. The first-order valence-corrected chi connectivity index (χ1v) is 5.31. The topological polar surface area (TPSA) is 35.8 Å². The summed E-state index contributed by atoms with van der Waals surface area (Å²) in [6, 6.07) is 6.97. The smallest absolute Gasteiger partial charge is 0.123 e. The molecule has 1 N–H and O–H groups in total. The second-order valence-corrected chi connectivity index (χ2v) is 4.67. The third kappa shape index (κ3) is 3.63. The standard InChI is InChI=1S/C13H17FN2/c1-10-4-5-12(14)6-11(10)7-16-9-13(2,3)8-15/h4-6,16H,7,9H2,1-3H3. The SMILES string of the molecule is Cc1ccc(F)cc1CNCC(C)(C)C#N. The summed E-state index contributed by atoms with van der Waals surface area (Å²) >= 11 is 0. The van der Waals surface area contributed by atoms with E-state index < -0.39 is 0 Å². The van der Waals surface area contributed by atoms with Crippen LogP contribution in [0, 0.1) is 29.5 Å². The second-order valence-electron chi connectivity index (χ2n) is 4.67. The molecule has 1 rings (SSSR count). The maximum atomic E-state index is 13.0. The molecule has 0 unspecified atom stereocenters. The lowest BCUT2D eigenvalue weighted by molar-refractivity contribution is 0.444. The van der Waals surface area contributed by atoms with Crippen molar-refractivity contribution in [3.05, 3.63) is 35.1 Å². The Kier molecular flexibility index (Phi) is 4.03. The highest BCUT2D eigenvalue weighted by molar-refractivity contribution is 5.26. The average molecular weight is 220 g/mol. The number of nitriles is 1. The van der Waals surface area contributed by atoms with E-state index in [4.69, 9.17) is 5.26 Å². The van der Waals surface area contributed by atoms with Crippen LogP contribution in [0.2, 0.25) is 0 Å². The zero-order chi connectivity index (χ0) is 12.2. The molecular weight excluding hydrogens is 203 g/mol. The van der Waals surface area contributed by atoms with Crippen LogP contribution in [-0.2, 0) is 6.54 Å². The van der Waals surface area contributed by atoms with Gasteiger partial charge >= 0.3 is 0 Å². The summed E-state index contributed by atoms with van der Waals surface area (Å²) in [5.74, 6) is -0.220. The van der Waals surface area contributed by atoms with Crippen molar-refractivity contribution in [2.45, 2.75) is 27.3 Å². The van der Waals surface area contributed by atoms with Crippen LogP contribution in [0.3, 0.4) is 0 Å². The van der Waals surface area contributed by atoms with Gasteiger partial charge in [-0.2, -0.15) is 5.26 Å². The molecule has 86 valence electrons. The number of hydrogen-bond acceptors (Lipinski definition) is 2. The molecule has 0 bridgehead atoms. The molecule has 0 atom stereocenters. The molecule has 0 fully saturated rings. The van der Waals surface area contributed by atoms with Crippen molar-refractivity contribution in [3.63, 3.8) is 0 Å². The van der Waals surface area contributed by atoms with E-state index in [1.807, 2.05) is 20.8 Å². The molecular formula is C13H17FN2. The third-order valence-electron chi connectivity index (χ3n) is 2.50. The van der Waals surface area contributed by atoms with Crippen LogP contribution in [0.15, 0.2) is 18.2 Å². The largest absolute Gasteiger partial charge is 0.311 e.